The number of fused-ring (bicyclic) bond motifs is 2. The van der Waals surface area contributed by atoms with Crippen molar-refractivity contribution in [3.8, 4) is 5.75 Å². The molecule has 110 valence electrons. The molecule has 2 aliphatic rings. The molecule has 2 heterocycles. The highest BCUT2D eigenvalue weighted by Gasteiger charge is 2.37. The van der Waals surface area contributed by atoms with E-state index in [1.165, 1.54) is 25.7 Å². The lowest BCUT2D eigenvalue weighted by atomic mass is 9.91. The summed E-state index contributed by atoms with van der Waals surface area (Å²) in [5.74, 6) is 1.15. The quantitative estimate of drug-likeness (QED) is 0.885. The van der Waals surface area contributed by atoms with E-state index in [2.05, 4.69) is 33.2 Å². The van der Waals surface area contributed by atoms with Crippen molar-refractivity contribution in [3.63, 3.8) is 0 Å². The van der Waals surface area contributed by atoms with Crippen LogP contribution in [0.4, 0.5) is 0 Å². The Kier molecular flexibility index (Phi) is 4.34. The number of hydrogen-bond donors (Lipinski definition) is 2. The SMILES string of the molecule is CN1C2CCC1CC(CNCc1cccc(Br)c1O)C2. The summed E-state index contributed by atoms with van der Waals surface area (Å²) in [4.78, 5) is 2.58. The molecule has 0 radical (unpaired) electrons. The van der Waals surface area contributed by atoms with Gasteiger partial charge in [-0.25, -0.2) is 0 Å². The molecule has 0 saturated carbocycles. The Bertz CT molecular complexity index is 466. The standard InChI is InChI=1S/C16H23BrN2O/c1-19-13-5-6-14(19)8-11(7-13)9-18-10-12-3-2-4-15(17)16(12)20/h2-4,11,13-14,18,20H,5-10H2,1H3. The van der Waals surface area contributed by atoms with Crippen molar-refractivity contribution >= 4 is 15.9 Å². The van der Waals surface area contributed by atoms with Gasteiger partial charge in [-0.1, -0.05) is 12.1 Å². The second-order valence-electron chi connectivity index (χ2n) is 6.27. The molecular formula is C16H23BrN2O. The zero-order valence-electron chi connectivity index (χ0n) is 12.0. The maximum atomic E-state index is 9.97. The van der Waals surface area contributed by atoms with Gasteiger partial charge in [-0.2, -0.15) is 0 Å². The maximum absolute atomic E-state index is 9.97. The molecule has 0 spiro atoms. The van der Waals surface area contributed by atoms with Gasteiger partial charge in [0.05, 0.1) is 4.47 Å². The zero-order valence-corrected chi connectivity index (χ0v) is 13.6. The minimum Gasteiger partial charge on any atom is -0.506 e. The second kappa shape index (κ2) is 6.04. The molecule has 1 aromatic rings. The summed E-state index contributed by atoms with van der Waals surface area (Å²) >= 11 is 3.36. The molecule has 2 fully saturated rings. The summed E-state index contributed by atoms with van der Waals surface area (Å²) in [6, 6.07) is 7.43. The lowest BCUT2D eigenvalue weighted by molar-refractivity contribution is 0.133. The van der Waals surface area contributed by atoms with Crippen LogP contribution in [0.5, 0.6) is 5.75 Å². The largest absolute Gasteiger partial charge is 0.506 e. The van der Waals surface area contributed by atoms with Crippen LogP contribution < -0.4 is 5.32 Å². The Morgan fingerprint density at radius 2 is 2.00 bits per heavy atom. The van der Waals surface area contributed by atoms with E-state index < -0.39 is 0 Å². The number of rotatable bonds is 4. The van der Waals surface area contributed by atoms with Crippen LogP contribution >= 0.6 is 15.9 Å². The highest BCUT2D eigenvalue weighted by Crippen LogP contribution is 2.37. The number of benzene rings is 1. The lowest BCUT2D eigenvalue weighted by Gasteiger charge is -2.36. The fourth-order valence-corrected chi connectivity index (χ4v) is 4.21. The topological polar surface area (TPSA) is 35.5 Å². The van der Waals surface area contributed by atoms with Gasteiger partial charge in [0, 0.05) is 24.2 Å². The van der Waals surface area contributed by atoms with Crippen molar-refractivity contribution in [1.29, 1.82) is 0 Å². The number of phenols is 1. The molecule has 3 nitrogen and oxygen atoms in total. The third-order valence-electron chi connectivity index (χ3n) is 5.01. The van der Waals surface area contributed by atoms with Crippen molar-refractivity contribution in [1.82, 2.24) is 10.2 Å². The zero-order chi connectivity index (χ0) is 14.1. The molecule has 2 aliphatic heterocycles. The Morgan fingerprint density at radius 1 is 1.30 bits per heavy atom. The molecule has 2 unspecified atom stereocenters. The van der Waals surface area contributed by atoms with Gasteiger partial charge in [0.15, 0.2) is 0 Å². The highest BCUT2D eigenvalue weighted by atomic mass is 79.9. The average molecular weight is 339 g/mol. The van der Waals surface area contributed by atoms with E-state index in [4.69, 9.17) is 0 Å². The third-order valence-corrected chi connectivity index (χ3v) is 5.65. The van der Waals surface area contributed by atoms with Gasteiger partial charge in [-0.15, -0.1) is 0 Å². The van der Waals surface area contributed by atoms with Gasteiger partial charge in [0.25, 0.3) is 0 Å². The fourth-order valence-electron chi connectivity index (χ4n) is 3.80. The summed E-state index contributed by atoms with van der Waals surface area (Å²) < 4.78 is 0.772. The summed E-state index contributed by atoms with van der Waals surface area (Å²) in [6.07, 6.45) is 5.41. The first kappa shape index (κ1) is 14.4. The smallest absolute Gasteiger partial charge is 0.134 e. The van der Waals surface area contributed by atoms with Crippen molar-refractivity contribution in [2.75, 3.05) is 13.6 Å². The van der Waals surface area contributed by atoms with Gasteiger partial charge in [-0.3, -0.25) is 0 Å². The predicted octanol–water partition coefficient (Wildman–Crippen LogP) is 3.12. The van der Waals surface area contributed by atoms with Crippen LogP contribution in [0.3, 0.4) is 0 Å². The number of halogens is 1. The van der Waals surface area contributed by atoms with Gasteiger partial charge in [0.2, 0.25) is 0 Å². The predicted molar refractivity (Wildman–Crippen MR) is 84.8 cm³/mol. The minimum absolute atomic E-state index is 0.364. The average Bonchev–Trinajstić information content (AvgIpc) is 2.65. The van der Waals surface area contributed by atoms with E-state index >= 15 is 0 Å². The van der Waals surface area contributed by atoms with E-state index in [1.54, 1.807) is 0 Å². The molecule has 3 rings (SSSR count). The fraction of sp³-hybridized carbons (Fsp3) is 0.625. The number of nitrogens with one attached hydrogen (secondary N) is 1. The van der Waals surface area contributed by atoms with E-state index in [1.807, 2.05) is 18.2 Å². The lowest BCUT2D eigenvalue weighted by Crippen LogP contribution is -2.42. The van der Waals surface area contributed by atoms with Crippen LogP contribution in [0.25, 0.3) is 0 Å². The molecule has 2 bridgehead atoms. The number of piperidine rings is 1. The number of para-hydroxylation sites is 1. The number of hydrogen-bond acceptors (Lipinski definition) is 3. The monoisotopic (exact) mass is 338 g/mol. The van der Waals surface area contributed by atoms with E-state index in [0.29, 0.717) is 5.75 Å². The minimum atomic E-state index is 0.364. The summed E-state index contributed by atoms with van der Waals surface area (Å²) in [6.45, 7) is 1.81. The first-order chi connectivity index (χ1) is 9.65. The molecule has 2 atom stereocenters. The maximum Gasteiger partial charge on any atom is 0.134 e. The molecular weight excluding hydrogens is 316 g/mol. The van der Waals surface area contributed by atoms with Crippen molar-refractivity contribution in [2.45, 2.75) is 44.3 Å². The third kappa shape index (κ3) is 2.87. The summed E-state index contributed by atoms with van der Waals surface area (Å²) in [5.41, 5.74) is 0.968. The van der Waals surface area contributed by atoms with E-state index in [0.717, 1.165) is 41.1 Å². The first-order valence-electron chi connectivity index (χ1n) is 7.54. The molecule has 1 aromatic carbocycles. The summed E-state index contributed by atoms with van der Waals surface area (Å²) in [5, 5.41) is 13.5. The number of phenolic OH excluding ortho intramolecular Hbond substituents is 1. The van der Waals surface area contributed by atoms with Crippen molar-refractivity contribution in [3.05, 3.63) is 28.2 Å². The van der Waals surface area contributed by atoms with Crippen LogP contribution in [0.1, 0.15) is 31.2 Å². The number of aromatic hydroxyl groups is 1. The summed E-state index contributed by atoms with van der Waals surface area (Å²) in [7, 11) is 2.28. The van der Waals surface area contributed by atoms with Crippen LogP contribution in [0, 0.1) is 5.92 Å². The van der Waals surface area contributed by atoms with Crippen LogP contribution in [0.15, 0.2) is 22.7 Å². The molecule has 0 aromatic heterocycles. The van der Waals surface area contributed by atoms with E-state index in [-0.39, 0.29) is 0 Å². The van der Waals surface area contributed by atoms with Crippen molar-refractivity contribution < 1.29 is 5.11 Å². The number of nitrogens with zero attached hydrogens (tertiary/aromatic N) is 1. The Labute approximate surface area is 129 Å². The molecule has 0 aliphatic carbocycles. The van der Waals surface area contributed by atoms with Crippen LogP contribution in [0.2, 0.25) is 0 Å². The van der Waals surface area contributed by atoms with Gasteiger partial charge in [-0.05, 0) is 67.2 Å². The van der Waals surface area contributed by atoms with Gasteiger partial charge in [0.1, 0.15) is 5.75 Å². The second-order valence-corrected chi connectivity index (χ2v) is 7.12. The molecule has 2 N–H and O–H groups in total. The molecule has 2 saturated heterocycles. The molecule has 20 heavy (non-hydrogen) atoms. The van der Waals surface area contributed by atoms with Crippen molar-refractivity contribution in [2.24, 2.45) is 5.92 Å². The Morgan fingerprint density at radius 3 is 2.70 bits per heavy atom. The van der Waals surface area contributed by atoms with Crippen LogP contribution in [-0.4, -0.2) is 35.7 Å². The Balaban J connectivity index is 1.50. The first-order valence-corrected chi connectivity index (χ1v) is 8.33. The normalized spacial score (nSPS) is 29.8. The van der Waals surface area contributed by atoms with E-state index in [9.17, 15) is 5.11 Å². The van der Waals surface area contributed by atoms with Gasteiger partial charge >= 0.3 is 0 Å². The molecule has 0 amide bonds. The Hall–Kier alpha value is -0.580. The molecule has 4 heteroatoms. The highest BCUT2D eigenvalue weighted by molar-refractivity contribution is 9.10. The van der Waals surface area contributed by atoms with Crippen LogP contribution in [-0.2, 0) is 6.54 Å². The van der Waals surface area contributed by atoms with Gasteiger partial charge < -0.3 is 15.3 Å².